The minimum atomic E-state index is -0.541. The largest absolute Gasteiger partial charge is 0.368 e. The van der Waals surface area contributed by atoms with Crippen molar-refractivity contribution >= 4 is 5.95 Å². The Hall–Kier alpha value is -1.19. The molecule has 0 saturated carbocycles. The quantitative estimate of drug-likeness (QED) is 0.598. The summed E-state index contributed by atoms with van der Waals surface area (Å²) in [6.07, 6.45) is 2.73. The number of aromatic nitrogens is 2. The summed E-state index contributed by atoms with van der Waals surface area (Å²) in [5.41, 5.74) is 5.59. The van der Waals surface area contributed by atoms with Gasteiger partial charge in [0.1, 0.15) is 6.67 Å². The predicted molar refractivity (Wildman–Crippen MR) is 31.3 cm³/mol. The zero-order chi connectivity index (χ0) is 6.69. The number of alkyl halides is 1. The van der Waals surface area contributed by atoms with Crippen LogP contribution in [0.1, 0.15) is 5.56 Å². The number of nitrogens with two attached hydrogens (primary N) is 1. The van der Waals surface area contributed by atoms with Gasteiger partial charge in [-0.1, -0.05) is 0 Å². The number of nitrogen functional groups attached to an aromatic ring is 1. The number of rotatable bonds is 1. The summed E-state index contributed by atoms with van der Waals surface area (Å²) in [5, 5.41) is 0. The first-order chi connectivity index (χ1) is 4.33. The van der Waals surface area contributed by atoms with E-state index < -0.39 is 6.67 Å². The maximum atomic E-state index is 11.7. The summed E-state index contributed by atoms with van der Waals surface area (Å²) in [5.74, 6) is 0.173. The molecule has 1 heterocycles. The number of hydrogen-bond donors (Lipinski definition) is 1. The van der Waals surface area contributed by atoms with Crippen molar-refractivity contribution in [3.63, 3.8) is 0 Å². The fraction of sp³-hybridized carbons (Fsp3) is 0.200. The van der Waals surface area contributed by atoms with Crippen LogP contribution in [0, 0.1) is 0 Å². The normalized spacial score (nSPS) is 9.44. The molecule has 0 spiro atoms. The number of anilines is 1. The van der Waals surface area contributed by atoms with E-state index in [9.17, 15) is 4.39 Å². The SMILES string of the molecule is Nc1ncc(CF)cn1. The maximum Gasteiger partial charge on any atom is 0.219 e. The Balaban J connectivity index is 2.88. The van der Waals surface area contributed by atoms with Crippen molar-refractivity contribution in [2.24, 2.45) is 0 Å². The highest BCUT2D eigenvalue weighted by molar-refractivity contribution is 5.16. The molecule has 0 radical (unpaired) electrons. The molecule has 48 valence electrons. The fourth-order valence-electron chi connectivity index (χ4n) is 0.434. The number of hydrogen-bond acceptors (Lipinski definition) is 3. The Kier molecular flexibility index (Phi) is 1.58. The summed E-state index contributed by atoms with van der Waals surface area (Å²) < 4.78 is 11.7. The average molecular weight is 127 g/mol. The monoisotopic (exact) mass is 127 g/mol. The van der Waals surface area contributed by atoms with Crippen LogP contribution in [0.25, 0.3) is 0 Å². The summed E-state index contributed by atoms with van der Waals surface area (Å²) in [6, 6.07) is 0. The van der Waals surface area contributed by atoms with Crippen LogP contribution in [0.5, 0.6) is 0 Å². The lowest BCUT2D eigenvalue weighted by Gasteiger charge is -1.90. The van der Waals surface area contributed by atoms with Crippen LogP contribution in [0.2, 0.25) is 0 Å². The Morgan fingerprint density at radius 1 is 1.44 bits per heavy atom. The number of halogens is 1. The van der Waals surface area contributed by atoms with E-state index >= 15 is 0 Å². The van der Waals surface area contributed by atoms with Gasteiger partial charge in [0.25, 0.3) is 0 Å². The predicted octanol–water partition coefficient (Wildman–Crippen LogP) is 0.528. The van der Waals surface area contributed by atoms with Crippen LogP contribution >= 0.6 is 0 Å². The van der Waals surface area contributed by atoms with Gasteiger partial charge < -0.3 is 5.73 Å². The molecular weight excluding hydrogens is 121 g/mol. The molecule has 0 aromatic carbocycles. The Morgan fingerprint density at radius 2 is 2.00 bits per heavy atom. The third-order valence-corrected chi connectivity index (χ3v) is 0.880. The van der Waals surface area contributed by atoms with Gasteiger partial charge in [-0.2, -0.15) is 0 Å². The van der Waals surface area contributed by atoms with E-state index in [4.69, 9.17) is 5.73 Å². The van der Waals surface area contributed by atoms with Gasteiger partial charge in [-0.05, 0) is 0 Å². The van der Waals surface area contributed by atoms with Crippen LogP contribution in [-0.4, -0.2) is 9.97 Å². The average Bonchev–Trinajstić information content (AvgIpc) is 1.90. The molecule has 0 bridgehead atoms. The van der Waals surface area contributed by atoms with E-state index in [0.29, 0.717) is 5.56 Å². The highest BCUT2D eigenvalue weighted by Gasteiger charge is 1.90. The van der Waals surface area contributed by atoms with Gasteiger partial charge in [-0.25, -0.2) is 14.4 Å². The van der Waals surface area contributed by atoms with E-state index in [-0.39, 0.29) is 5.95 Å². The van der Waals surface area contributed by atoms with E-state index in [1.54, 1.807) is 0 Å². The topological polar surface area (TPSA) is 51.8 Å². The molecule has 1 aromatic rings. The molecule has 0 aliphatic carbocycles. The van der Waals surface area contributed by atoms with E-state index in [1.807, 2.05) is 0 Å². The second-order valence-electron chi connectivity index (χ2n) is 1.58. The van der Waals surface area contributed by atoms with Gasteiger partial charge in [-0.3, -0.25) is 0 Å². The van der Waals surface area contributed by atoms with Crippen molar-refractivity contribution < 1.29 is 4.39 Å². The molecule has 0 aliphatic heterocycles. The zero-order valence-electron chi connectivity index (χ0n) is 4.71. The second kappa shape index (κ2) is 2.39. The van der Waals surface area contributed by atoms with Crippen molar-refractivity contribution in [1.82, 2.24) is 9.97 Å². The second-order valence-corrected chi connectivity index (χ2v) is 1.58. The smallest absolute Gasteiger partial charge is 0.219 e. The lowest BCUT2D eigenvalue weighted by molar-refractivity contribution is 0.483. The highest BCUT2D eigenvalue weighted by atomic mass is 19.1. The molecule has 2 N–H and O–H groups in total. The summed E-state index contributed by atoms with van der Waals surface area (Å²) in [4.78, 5) is 7.15. The van der Waals surface area contributed by atoms with Crippen LogP contribution < -0.4 is 5.73 Å². The van der Waals surface area contributed by atoms with Crippen LogP contribution in [0.3, 0.4) is 0 Å². The lowest BCUT2D eigenvalue weighted by atomic mass is 10.4. The molecule has 3 nitrogen and oxygen atoms in total. The molecule has 9 heavy (non-hydrogen) atoms. The molecule has 1 aromatic heterocycles. The first kappa shape index (κ1) is 5.94. The maximum absolute atomic E-state index is 11.7. The van der Waals surface area contributed by atoms with Crippen molar-refractivity contribution in [3.05, 3.63) is 18.0 Å². The third-order valence-electron chi connectivity index (χ3n) is 0.880. The molecular formula is C5H6FN3. The minimum Gasteiger partial charge on any atom is -0.368 e. The molecule has 0 fully saturated rings. The van der Waals surface area contributed by atoms with Crippen LogP contribution in [-0.2, 0) is 6.67 Å². The molecule has 0 saturated heterocycles. The van der Waals surface area contributed by atoms with Gasteiger partial charge in [0.05, 0.1) is 0 Å². The first-order valence-electron chi connectivity index (χ1n) is 2.45. The molecule has 0 aliphatic rings. The van der Waals surface area contributed by atoms with Gasteiger partial charge in [0, 0.05) is 18.0 Å². The van der Waals surface area contributed by atoms with Gasteiger partial charge in [0.2, 0.25) is 5.95 Å². The molecule has 0 atom stereocenters. The Morgan fingerprint density at radius 3 is 2.44 bits per heavy atom. The molecule has 0 unspecified atom stereocenters. The van der Waals surface area contributed by atoms with E-state index in [2.05, 4.69) is 9.97 Å². The molecule has 0 amide bonds. The van der Waals surface area contributed by atoms with E-state index in [1.165, 1.54) is 12.4 Å². The standard InChI is InChI=1S/C5H6FN3/c6-1-4-2-8-5(7)9-3-4/h2-3H,1H2,(H2,7,8,9). The van der Waals surface area contributed by atoms with Crippen molar-refractivity contribution in [3.8, 4) is 0 Å². The zero-order valence-corrected chi connectivity index (χ0v) is 4.71. The van der Waals surface area contributed by atoms with Gasteiger partial charge in [-0.15, -0.1) is 0 Å². The summed E-state index contributed by atoms with van der Waals surface area (Å²) in [6.45, 7) is -0.541. The van der Waals surface area contributed by atoms with Crippen molar-refractivity contribution in [2.75, 3.05) is 5.73 Å². The van der Waals surface area contributed by atoms with Gasteiger partial charge >= 0.3 is 0 Å². The number of nitrogens with zero attached hydrogens (tertiary/aromatic N) is 2. The first-order valence-corrected chi connectivity index (χ1v) is 2.45. The highest BCUT2D eigenvalue weighted by Crippen LogP contribution is 1.97. The molecule has 1 rings (SSSR count). The van der Waals surface area contributed by atoms with Crippen molar-refractivity contribution in [1.29, 1.82) is 0 Å². The summed E-state index contributed by atoms with van der Waals surface area (Å²) in [7, 11) is 0. The third kappa shape index (κ3) is 1.35. The molecule has 4 heteroatoms. The minimum absolute atomic E-state index is 0.173. The van der Waals surface area contributed by atoms with Crippen LogP contribution in [0.4, 0.5) is 10.3 Å². The lowest BCUT2D eigenvalue weighted by Crippen LogP contribution is -1.94. The van der Waals surface area contributed by atoms with Gasteiger partial charge in [0.15, 0.2) is 0 Å². The van der Waals surface area contributed by atoms with Crippen molar-refractivity contribution in [2.45, 2.75) is 6.67 Å². The van der Waals surface area contributed by atoms with E-state index in [0.717, 1.165) is 0 Å². The Labute approximate surface area is 51.7 Å². The van der Waals surface area contributed by atoms with Crippen LogP contribution in [0.15, 0.2) is 12.4 Å². The Bertz CT molecular complexity index is 184. The fourth-order valence-corrected chi connectivity index (χ4v) is 0.434. The summed E-state index contributed by atoms with van der Waals surface area (Å²) >= 11 is 0.